The molecule has 6 heteroatoms. The molecule has 0 bridgehead atoms. The number of hydrogen-bond donors (Lipinski definition) is 2. The van der Waals surface area contributed by atoms with Crippen molar-refractivity contribution >= 4 is 35.1 Å². The van der Waals surface area contributed by atoms with Crippen molar-refractivity contribution in [2.45, 2.75) is 32.6 Å². The average molecular weight is 506 g/mol. The van der Waals surface area contributed by atoms with Gasteiger partial charge in [-0.25, -0.2) is 0 Å². The number of nitrogens with one attached hydrogen (secondary N) is 1. The molecule has 36 heavy (non-hydrogen) atoms. The molecule has 3 N–H and O–H groups in total. The second-order valence-corrected chi connectivity index (χ2v) is 13.3. The SMILES string of the molecule is CCOC(=O)C(CCCC[PH](c1ccccc1)(c1ccccc1)c1ccccc1)CCN(C)C(=N)N. The molecule has 0 spiro atoms. The molecule has 0 amide bonds. The Hall–Kier alpha value is -3.17. The van der Waals surface area contributed by atoms with Crippen LogP contribution in [0, 0.1) is 11.3 Å². The summed E-state index contributed by atoms with van der Waals surface area (Å²) in [4.78, 5) is 14.3. The van der Waals surface area contributed by atoms with Gasteiger partial charge in [0.05, 0.1) is 0 Å². The Morgan fingerprint density at radius 2 is 1.33 bits per heavy atom. The molecule has 5 nitrogen and oxygen atoms in total. The van der Waals surface area contributed by atoms with Crippen LogP contribution in [0.2, 0.25) is 0 Å². The van der Waals surface area contributed by atoms with Crippen LogP contribution < -0.4 is 21.6 Å². The number of nitrogens with zero attached hydrogens (tertiary/aromatic N) is 1. The topological polar surface area (TPSA) is 79.4 Å². The van der Waals surface area contributed by atoms with Crippen molar-refractivity contribution in [2.24, 2.45) is 11.7 Å². The van der Waals surface area contributed by atoms with Crippen molar-refractivity contribution in [3.63, 3.8) is 0 Å². The van der Waals surface area contributed by atoms with Crippen LogP contribution in [-0.2, 0) is 9.53 Å². The Labute approximate surface area is 216 Å². The molecule has 192 valence electrons. The second-order valence-electron chi connectivity index (χ2n) is 9.29. The van der Waals surface area contributed by atoms with Gasteiger partial charge < -0.3 is 0 Å². The average Bonchev–Trinajstić information content (AvgIpc) is 2.92. The molecule has 1 unspecified atom stereocenters. The first-order valence-electron chi connectivity index (χ1n) is 12.9. The van der Waals surface area contributed by atoms with Gasteiger partial charge in [0.15, 0.2) is 0 Å². The summed E-state index contributed by atoms with van der Waals surface area (Å²) in [6, 6.07) is 32.8. The van der Waals surface area contributed by atoms with Gasteiger partial charge in [-0.2, -0.15) is 0 Å². The number of ether oxygens (including phenoxy) is 1. The first-order valence-corrected chi connectivity index (χ1v) is 15.1. The number of unbranched alkanes of at least 4 members (excludes halogenated alkanes) is 1. The van der Waals surface area contributed by atoms with Crippen LogP contribution in [0.15, 0.2) is 91.0 Å². The van der Waals surface area contributed by atoms with Gasteiger partial charge in [-0.1, -0.05) is 0 Å². The van der Waals surface area contributed by atoms with E-state index in [1.54, 1.807) is 11.9 Å². The Kier molecular flexibility index (Phi) is 10.5. The molecule has 1 atom stereocenters. The van der Waals surface area contributed by atoms with Crippen LogP contribution in [-0.4, -0.2) is 43.2 Å². The fraction of sp³-hybridized carbons (Fsp3) is 0.333. The van der Waals surface area contributed by atoms with E-state index in [4.69, 9.17) is 15.9 Å². The van der Waals surface area contributed by atoms with E-state index in [0.29, 0.717) is 19.6 Å². The molecule has 3 aromatic rings. The van der Waals surface area contributed by atoms with E-state index in [0.717, 1.165) is 25.4 Å². The third-order valence-corrected chi connectivity index (χ3v) is 12.1. The Balaban J connectivity index is 1.83. The van der Waals surface area contributed by atoms with E-state index >= 15 is 0 Å². The molecule has 0 aliphatic carbocycles. The molecule has 3 aromatic carbocycles. The summed E-state index contributed by atoms with van der Waals surface area (Å²) in [5.41, 5.74) is 5.59. The summed E-state index contributed by atoms with van der Waals surface area (Å²) in [5.74, 6) is -0.317. The molecule has 0 aliphatic heterocycles. The summed E-state index contributed by atoms with van der Waals surface area (Å²) in [6.07, 6.45) is 4.42. The van der Waals surface area contributed by atoms with Gasteiger partial charge in [-0.05, 0) is 0 Å². The normalized spacial score (nSPS) is 12.5. The summed E-state index contributed by atoms with van der Waals surface area (Å²) < 4.78 is 5.37. The number of rotatable bonds is 13. The van der Waals surface area contributed by atoms with Gasteiger partial charge in [-0.3, -0.25) is 0 Å². The zero-order valence-electron chi connectivity index (χ0n) is 21.5. The minimum atomic E-state index is -2.26. The number of hydrogen-bond acceptors (Lipinski definition) is 3. The summed E-state index contributed by atoms with van der Waals surface area (Å²) in [5, 5.41) is 11.8. The third-order valence-electron chi connectivity index (χ3n) is 7.00. The van der Waals surface area contributed by atoms with Crippen molar-refractivity contribution < 1.29 is 9.53 Å². The molecule has 0 fully saturated rings. The predicted octanol–water partition coefficient (Wildman–Crippen LogP) is 4.28. The van der Waals surface area contributed by atoms with Gasteiger partial charge in [0.25, 0.3) is 0 Å². The van der Waals surface area contributed by atoms with E-state index in [9.17, 15) is 4.79 Å². The van der Waals surface area contributed by atoms with Crippen molar-refractivity contribution in [1.82, 2.24) is 4.90 Å². The molecule has 0 radical (unpaired) electrons. The first-order chi connectivity index (χ1) is 17.5. The van der Waals surface area contributed by atoms with Crippen LogP contribution in [0.4, 0.5) is 0 Å². The zero-order valence-corrected chi connectivity index (χ0v) is 22.5. The number of benzene rings is 3. The molecule has 0 saturated carbocycles. The summed E-state index contributed by atoms with van der Waals surface area (Å²) >= 11 is 0. The van der Waals surface area contributed by atoms with Crippen LogP contribution in [0.25, 0.3) is 0 Å². The summed E-state index contributed by atoms with van der Waals surface area (Å²) in [6.45, 7) is 2.79. The molecular weight excluding hydrogens is 465 g/mol. The quantitative estimate of drug-likeness (QED) is 0.120. The molecule has 0 heterocycles. The Morgan fingerprint density at radius 3 is 1.75 bits per heavy atom. The molecule has 0 saturated heterocycles. The maximum absolute atomic E-state index is 12.7. The van der Waals surface area contributed by atoms with E-state index in [-0.39, 0.29) is 17.8 Å². The summed E-state index contributed by atoms with van der Waals surface area (Å²) in [7, 11) is -0.477. The molecule has 0 aromatic heterocycles. The van der Waals surface area contributed by atoms with E-state index in [2.05, 4.69) is 91.0 Å². The molecular formula is C30H40N3O2P. The molecule has 3 rings (SSSR count). The van der Waals surface area contributed by atoms with Gasteiger partial charge in [-0.15, -0.1) is 0 Å². The van der Waals surface area contributed by atoms with Crippen LogP contribution >= 0.6 is 7.26 Å². The van der Waals surface area contributed by atoms with E-state index in [1.165, 1.54) is 15.9 Å². The second kappa shape index (κ2) is 13.8. The number of carbonyl (C=O) groups is 1. The number of esters is 1. The van der Waals surface area contributed by atoms with Crippen molar-refractivity contribution in [2.75, 3.05) is 26.4 Å². The van der Waals surface area contributed by atoms with Gasteiger partial charge in [0.1, 0.15) is 0 Å². The minimum absolute atomic E-state index is 0.0157. The monoisotopic (exact) mass is 505 g/mol. The Bertz CT molecular complexity index is 980. The standard InChI is InChI=1S/C30H40N3O2P/c1-3-35-29(34)25(22-23-33(2)30(31)32)15-13-14-24-36(26-16-7-4-8-17-26,27-18-9-5-10-19-27)28-20-11-6-12-21-28/h4-12,16-21,25,36H,3,13-15,22-24H2,1-2H3,(H3,31,32). The van der Waals surface area contributed by atoms with Crippen LogP contribution in [0.5, 0.6) is 0 Å². The predicted molar refractivity (Wildman–Crippen MR) is 155 cm³/mol. The van der Waals surface area contributed by atoms with E-state index in [1.807, 2.05) is 6.92 Å². The first kappa shape index (κ1) is 27.4. The van der Waals surface area contributed by atoms with Gasteiger partial charge in [0, 0.05) is 0 Å². The van der Waals surface area contributed by atoms with Crippen LogP contribution in [0.1, 0.15) is 32.6 Å². The van der Waals surface area contributed by atoms with Gasteiger partial charge >= 0.3 is 217 Å². The van der Waals surface area contributed by atoms with Crippen molar-refractivity contribution in [3.05, 3.63) is 91.0 Å². The number of carbonyl (C=O) groups excluding carboxylic acids is 1. The third kappa shape index (κ3) is 6.95. The van der Waals surface area contributed by atoms with Crippen LogP contribution in [0.3, 0.4) is 0 Å². The van der Waals surface area contributed by atoms with Crippen molar-refractivity contribution in [1.29, 1.82) is 5.41 Å². The Morgan fingerprint density at radius 1 is 0.861 bits per heavy atom. The number of nitrogens with two attached hydrogens (primary N) is 1. The van der Waals surface area contributed by atoms with Gasteiger partial charge in [0.2, 0.25) is 0 Å². The fourth-order valence-electron chi connectivity index (χ4n) is 4.99. The van der Waals surface area contributed by atoms with E-state index < -0.39 is 7.26 Å². The number of guanidine groups is 1. The molecule has 0 aliphatic rings. The fourth-order valence-corrected chi connectivity index (χ4v) is 9.92. The van der Waals surface area contributed by atoms with Crippen molar-refractivity contribution in [3.8, 4) is 0 Å². The zero-order chi connectivity index (χ0) is 25.8. The maximum atomic E-state index is 12.7.